The Morgan fingerprint density at radius 3 is 2.54 bits per heavy atom. The maximum absolute atomic E-state index is 4.49. The Balaban J connectivity index is 1.68. The molecule has 0 spiro atoms. The van der Waals surface area contributed by atoms with E-state index in [2.05, 4.69) is 103 Å². The zero-order valence-electron chi connectivity index (χ0n) is 15.2. The summed E-state index contributed by atoms with van der Waals surface area (Å²) in [7, 11) is 0. The van der Waals surface area contributed by atoms with Gasteiger partial charge in [-0.15, -0.1) is 0 Å². The minimum Gasteiger partial charge on any atom is -0.373 e. The molecule has 26 heavy (non-hydrogen) atoms. The largest absolute Gasteiger partial charge is 0.373 e. The molecule has 1 unspecified atom stereocenters. The molecule has 0 saturated heterocycles. The van der Waals surface area contributed by atoms with Crippen LogP contribution in [0, 0.1) is 6.92 Å². The van der Waals surface area contributed by atoms with Gasteiger partial charge in [0.25, 0.3) is 0 Å². The van der Waals surface area contributed by atoms with Gasteiger partial charge in [-0.3, -0.25) is 0 Å². The second-order valence-electron chi connectivity index (χ2n) is 6.88. The molecule has 0 amide bonds. The normalized spacial score (nSPS) is 14.0. The Kier molecular flexibility index (Phi) is 4.49. The predicted octanol–water partition coefficient (Wildman–Crippen LogP) is 5.72. The molecule has 1 heterocycles. The second kappa shape index (κ2) is 7.09. The number of rotatable bonds is 5. The molecule has 2 heteroatoms. The number of para-hydroxylation sites is 1. The van der Waals surface area contributed by atoms with Crippen LogP contribution in [0.15, 0.2) is 91.1 Å². The van der Waals surface area contributed by atoms with Gasteiger partial charge >= 0.3 is 0 Å². The summed E-state index contributed by atoms with van der Waals surface area (Å²) in [6.07, 6.45) is 1.07. The fourth-order valence-corrected chi connectivity index (χ4v) is 3.70. The molecule has 130 valence electrons. The van der Waals surface area contributed by atoms with E-state index < -0.39 is 0 Å². The summed E-state index contributed by atoms with van der Waals surface area (Å²) in [5.41, 5.74) is 7.36. The monoisotopic (exact) mass is 340 g/mol. The predicted molar refractivity (Wildman–Crippen MR) is 111 cm³/mol. The van der Waals surface area contributed by atoms with E-state index in [1.807, 2.05) is 0 Å². The molecule has 0 saturated carbocycles. The summed E-state index contributed by atoms with van der Waals surface area (Å²) < 4.78 is 0. The van der Waals surface area contributed by atoms with Gasteiger partial charge in [0.1, 0.15) is 0 Å². The minimum absolute atomic E-state index is 0.0316. The number of hydrogen-bond donors (Lipinski definition) is 1. The van der Waals surface area contributed by atoms with Crippen LogP contribution in [0.3, 0.4) is 0 Å². The summed E-state index contributed by atoms with van der Waals surface area (Å²) in [5.74, 6) is 0. The van der Waals surface area contributed by atoms with Crippen molar-refractivity contribution in [2.45, 2.75) is 19.4 Å². The van der Waals surface area contributed by atoms with Gasteiger partial charge in [-0.1, -0.05) is 67.2 Å². The highest BCUT2D eigenvalue weighted by Gasteiger charge is 2.26. The van der Waals surface area contributed by atoms with Crippen LogP contribution in [-0.2, 0) is 6.42 Å². The van der Waals surface area contributed by atoms with E-state index in [1.165, 1.54) is 22.4 Å². The third kappa shape index (κ3) is 3.23. The number of aryl methyl sites for hydroxylation is 1. The maximum Gasteiger partial charge on any atom is 0.0913 e. The van der Waals surface area contributed by atoms with Crippen molar-refractivity contribution >= 4 is 11.4 Å². The zero-order chi connectivity index (χ0) is 17.9. The second-order valence-corrected chi connectivity index (χ2v) is 6.88. The molecule has 1 N–H and O–H groups in total. The summed E-state index contributed by atoms with van der Waals surface area (Å²) in [6, 6.07) is 27.7. The molecule has 0 aromatic heterocycles. The first-order valence-electron chi connectivity index (χ1n) is 9.15. The number of fused-ring (bicyclic) bond motifs is 1. The smallest absolute Gasteiger partial charge is 0.0913 e. The molecular weight excluding hydrogens is 316 g/mol. The SMILES string of the molecule is C=C(C(Nc1cccc(C)c1)c1ccccc1)N1CCc2ccccc21. The molecule has 1 atom stereocenters. The molecule has 0 fully saturated rings. The van der Waals surface area contributed by atoms with Gasteiger partial charge in [0, 0.05) is 23.6 Å². The van der Waals surface area contributed by atoms with Gasteiger partial charge in [0.2, 0.25) is 0 Å². The Morgan fingerprint density at radius 2 is 1.73 bits per heavy atom. The van der Waals surface area contributed by atoms with E-state index in [0.29, 0.717) is 0 Å². The van der Waals surface area contributed by atoms with E-state index in [1.54, 1.807) is 0 Å². The zero-order valence-corrected chi connectivity index (χ0v) is 15.2. The van der Waals surface area contributed by atoms with Crippen LogP contribution in [0.4, 0.5) is 11.4 Å². The summed E-state index contributed by atoms with van der Waals surface area (Å²) in [5, 5.41) is 3.70. The third-order valence-electron chi connectivity index (χ3n) is 5.03. The lowest BCUT2D eigenvalue weighted by atomic mass is 10.0. The molecule has 4 rings (SSSR count). The van der Waals surface area contributed by atoms with Gasteiger partial charge in [0.15, 0.2) is 0 Å². The first kappa shape index (κ1) is 16.5. The van der Waals surface area contributed by atoms with Crippen molar-refractivity contribution in [1.82, 2.24) is 0 Å². The van der Waals surface area contributed by atoms with Crippen LogP contribution >= 0.6 is 0 Å². The van der Waals surface area contributed by atoms with Gasteiger partial charge in [-0.25, -0.2) is 0 Å². The Labute approximate surface area is 155 Å². The third-order valence-corrected chi connectivity index (χ3v) is 5.03. The van der Waals surface area contributed by atoms with Crippen molar-refractivity contribution in [3.8, 4) is 0 Å². The van der Waals surface area contributed by atoms with Gasteiger partial charge in [-0.2, -0.15) is 0 Å². The highest BCUT2D eigenvalue weighted by Crippen LogP contribution is 2.36. The molecule has 0 radical (unpaired) electrons. The maximum atomic E-state index is 4.49. The number of anilines is 2. The number of benzene rings is 3. The van der Waals surface area contributed by atoms with Gasteiger partial charge < -0.3 is 10.2 Å². The van der Waals surface area contributed by atoms with E-state index in [4.69, 9.17) is 0 Å². The number of nitrogens with one attached hydrogen (secondary N) is 1. The van der Waals surface area contributed by atoms with E-state index in [0.717, 1.165) is 24.4 Å². The lowest BCUT2D eigenvalue weighted by Gasteiger charge is -2.30. The Morgan fingerprint density at radius 1 is 0.962 bits per heavy atom. The molecule has 1 aliphatic heterocycles. The molecule has 3 aromatic carbocycles. The van der Waals surface area contributed by atoms with Crippen molar-refractivity contribution in [3.63, 3.8) is 0 Å². The fourth-order valence-electron chi connectivity index (χ4n) is 3.70. The van der Waals surface area contributed by atoms with Crippen molar-refractivity contribution in [2.75, 3.05) is 16.8 Å². The average molecular weight is 340 g/mol. The summed E-state index contributed by atoms with van der Waals surface area (Å²) >= 11 is 0. The molecule has 2 nitrogen and oxygen atoms in total. The van der Waals surface area contributed by atoms with Crippen LogP contribution in [0.5, 0.6) is 0 Å². The quantitative estimate of drug-likeness (QED) is 0.638. The standard InChI is InChI=1S/C24H24N2/c1-18-9-8-13-22(17-18)25-24(21-11-4-3-5-12-21)19(2)26-16-15-20-10-6-7-14-23(20)26/h3-14,17,24-25H,2,15-16H2,1H3. The van der Waals surface area contributed by atoms with Crippen molar-refractivity contribution in [2.24, 2.45) is 0 Å². The lowest BCUT2D eigenvalue weighted by Crippen LogP contribution is -2.27. The highest BCUT2D eigenvalue weighted by molar-refractivity contribution is 5.64. The van der Waals surface area contributed by atoms with Crippen molar-refractivity contribution in [3.05, 3.63) is 108 Å². The van der Waals surface area contributed by atoms with E-state index >= 15 is 0 Å². The number of nitrogens with zero attached hydrogens (tertiary/aromatic N) is 1. The van der Waals surface area contributed by atoms with Crippen LogP contribution in [0.2, 0.25) is 0 Å². The topological polar surface area (TPSA) is 15.3 Å². The average Bonchev–Trinajstić information content (AvgIpc) is 3.10. The molecule has 3 aromatic rings. The van der Waals surface area contributed by atoms with Crippen molar-refractivity contribution < 1.29 is 0 Å². The summed E-state index contributed by atoms with van der Waals surface area (Å²) in [4.78, 5) is 2.36. The fraction of sp³-hybridized carbons (Fsp3) is 0.167. The van der Waals surface area contributed by atoms with E-state index in [-0.39, 0.29) is 6.04 Å². The number of hydrogen-bond acceptors (Lipinski definition) is 2. The lowest BCUT2D eigenvalue weighted by molar-refractivity contribution is 0.822. The van der Waals surface area contributed by atoms with Gasteiger partial charge in [0.05, 0.1) is 6.04 Å². The van der Waals surface area contributed by atoms with Crippen molar-refractivity contribution in [1.29, 1.82) is 0 Å². The Bertz CT molecular complexity index is 914. The highest BCUT2D eigenvalue weighted by atomic mass is 15.2. The van der Waals surface area contributed by atoms with Crippen LogP contribution in [-0.4, -0.2) is 6.54 Å². The first-order chi connectivity index (χ1) is 12.7. The van der Waals surface area contributed by atoms with Gasteiger partial charge in [-0.05, 0) is 48.2 Å². The minimum atomic E-state index is 0.0316. The van der Waals surface area contributed by atoms with Crippen LogP contribution in [0.25, 0.3) is 0 Å². The molecule has 0 aliphatic carbocycles. The van der Waals surface area contributed by atoms with Crippen LogP contribution in [0.1, 0.15) is 22.7 Å². The molecule has 1 aliphatic rings. The van der Waals surface area contributed by atoms with E-state index in [9.17, 15) is 0 Å². The first-order valence-corrected chi connectivity index (χ1v) is 9.15. The Hall–Kier alpha value is -3.00. The summed E-state index contributed by atoms with van der Waals surface area (Å²) in [6.45, 7) is 7.60. The molecular formula is C24H24N2. The van der Waals surface area contributed by atoms with Crippen LogP contribution < -0.4 is 10.2 Å². The molecule has 0 bridgehead atoms.